The zero-order valence-electron chi connectivity index (χ0n) is 10.5. The maximum absolute atomic E-state index is 13.3. The van der Waals surface area contributed by atoms with Crippen molar-refractivity contribution < 1.29 is 4.39 Å². The third-order valence-electron chi connectivity index (χ3n) is 3.31. The second-order valence-electron chi connectivity index (χ2n) is 5.76. The minimum Gasteiger partial charge on any atom is -0.299 e. The molecule has 0 atom stereocenters. The Morgan fingerprint density at radius 1 is 1.35 bits per heavy atom. The molecule has 1 nitrogen and oxygen atoms in total. The third-order valence-corrected chi connectivity index (χ3v) is 3.77. The van der Waals surface area contributed by atoms with Gasteiger partial charge in [-0.05, 0) is 48.6 Å². The molecule has 0 radical (unpaired) electrons. The molecule has 1 aromatic rings. The van der Waals surface area contributed by atoms with E-state index >= 15 is 0 Å². The van der Waals surface area contributed by atoms with E-state index in [0.29, 0.717) is 5.41 Å². The van der Waals surface area contributed by atoms with Gasteiger partial charge in [-0.1, -0.05) is 29.8 Å². The van der Waals surface area contributed by atoms with Crippen LogP contribution in [0.15, 0.2) is 22.7 Å². The van der Waals surface area contributed by atoms with Crippen LogP contribution in [-0.4, -0.2) is 18.0 Å². The number of piperidine rings is 1. The number of halogens is 2. The molecule has 0 spiro atoms. The molecule has 3 heteroatoms. The van der Waals surface area contributed by atoms with Gasteiger partial charge in [-0.2, -0.15) is 0 Å². The predicted molar refractivity (Wildman–Crippen MR) is 72.4 cm³/mol. The molecule has 0 aromatic heterocycles. The summed E-state index contributed by atoms with van der Waals surface area (Å²) in [5.74, 6) is -0.161. The van der Waals surface area contributed by atoms with Crippen LogP contribution in [-0.2, 0) is 6.54 Å². The lowest BCUT2D eigenvalue weighted by Gasteiger charge is -2.38. The van der Waals surface area contributed by atoms with Gasteiger partial charge in [0.15, 0.2) is 0 Å². The van der Waals surface area contributed by atoms with Crippen molar-refractivity contribution >= 4 is 15.9 Å². The summed E-state index contributed by atoms with van der Waals surface area (Å²) in [6.45, 7) is 7.68. The van der Waals surface area contributed by atoms with Crippen LogP contribution in [0, 0.1) is 11.2 Å². The van der Waals surface area contributed by atoms with Crippen LogP contribution < -0.4 is 0 Å². The van der Waals surface area contributed by atoms with Gasteiger partial charge in [-0.3, -0.25) is 4.90 Å². The molecule has 1 aliphatic heterocycles. The second-order valence-corrected chi connectivity index (χ2v) is 6.67. The normalized spacial score (nSPS) is 20.5. The third kappa shape index (κ3) is 3.78. The average Bonchev–Trinajstić information content (AvgIpc) is 2.13. The van der Waals surface area contributed by atoms with E-state index in [9.17, 15) is 4.39 Å². The van der Waals surface area contributed by atoms with Crippen molar-refractivity contribution in [1.29, 1.82) is 0 Å². The van der Waals surface area contributed by atoms with E-state index in [1.807, 2.05) is 6.07 Å². The highest BCUT2D eigenvalue weighted by molar-refractivity contribution is 9.10. The minimum atomic E-state index is -0.161. The zero-order valence-corrected chi connectivity index (χ0v) is 12.1. The first kappa shape index (κ1) is 13.0. The van der Waals surface area contributed by atoms with Gasteiger partial charge in [-0.25, -0.2) is 4.39 Å². The average molecular weight is 300 g/mol. The van der Waals surface area contributed by atoms with Gasteiger partial charge >= 0.3 is 0 Å². The maximum Gasteiger partial charge on any atom is 0.124 e. The zero-order chi connectivity index (χ0) is 12.5. The van der Waals surface area contributed by atoms with Crippen LogP contribution in [0.4, 0.5) is 4.39 Å². The highest BCUT2D eigenvalue weighted by atomic mass is 79.9. The molecule has 0 saturated carbocycles. The Labute approximate surface area is 111 Å². The molecule has 1 aliphatic rings. The molecular weight excluding hydrogens is 281 g/mol. The van der Waals surface area contributed by atoms with Gasteiger partial charge in [0.25, 0.3) is 0 Å². The van der Waals surface area contributed by atoms with E-state index in [2.05, 4.69) is 34.7 Å². The second kappa shape index (κ2) is 5.07. The summed E-state index contributed by atoms with van der Waals surface area (Å²) in [4.78, 5) is 2.42. The number of nitrogens with zero attached hydrogens (tertiary/aromatic N) is 1. The lowest BCUT2D eigenvalue weighted by molar-refractivity contribution is 0.111. The number of hydrogen-bond donors (Lipinski definition) is 0. The van der Waals surface area contributed by atoms with Crippen molar-refractivity contribution in [2.24, 2.45) is 5.41 Å². The van der Waals surface area contributed by atoms with Crippen LogP contribution in [0.2, 0.25) is 0 Å². The smallest absolute Gasteiger partial charge is 0.124 e. The van der Waals surface area contributed by atoms with Gasteiger partial charge in [0.2, 0.25) is 0 Å². The fourth-order valence-corrected chi connectivity index (χ4v) is 3.15. The molecule has 1 aromatic carbocycles. The van der Waals surface area contributed by atoms with E-state index in [-0.39, 0.29) is 5.82 Å². The molecule has 0 aliphatic carbocycles. The van der Waals surface area contributed by atoms with E-state index in [1.54, 1.807) is 6.07 Å². The molecule has 17 heavy (non-hydrogen) atoms. The van der Waals surface area contributed by atoms with Crippen molar-refractivity contribution in [2.45, 2.75) is 33.2 Å². The van der Waals surface area contributed by atoms with E-state index < -0.39 is 0 Å². The monoisotopic (exact) mass is 299 g/mol. The van der Waals surface area contributed by atoms with E-state index in [1.165, 1.54) is 18.9 Å². The van der Waals surface area contributed by atoms with Gasteiger partial charge in [0.1, 0.15) is 5.82 Å². The quantitative estimate of drug-likeness (QED) is 0.791. The molecule has 0 bridgehead atoms. The van der Waals surface area contributed by atoms with Crippen LogP contribution in [0.25, 0.3) is 0 Å². The molecule has 2 rings (SSSR count). The first-order valence-electron chi connectivity index (χ1n) is 6.12. The fourth-order valence-electron chi connectivity index (χ4n) is 2.64. The number of hydrogen-bond acceptors (Lipinski definition) is 1. The molecule has 1 saturated heterocycles. The van der Waals surface area contributed by atoms with Crippen molar-refractivity contribution in [3.8, 4) is 0 Å². The standard InChI is InChI=1S/C14H19BrFN/c1-14(2)4-3-5-17(10-14)9-11-6-12(15)8-13(16)7-11/h6-8H,3-5,9-10H2,1-2H3. The Bertz CT molecular complexity index is 383. The van der Waals surface area contributed by atoms with Crippen molar-refractivity contribution in [1.82, 2.24) is 4.90 Å². The van der Waals surface area contributed by atoms with Crippen LogP contribution in [0.1, 0.15) is 32.3 Å². The van der Waals surface area contributed by atoms with Crippen LogP contribution in [0.5, 0.6) is 0 Å². The summed E-state index contributed by atoms with van der Waals surface area (Å²) in [6, 6.07) is 5.14. The Balaban J connectivity index is 2.05. The van der Waals surface area contributed by atoms with Crippen molar-refractivity contribution in [3.63, 3.8) is 0 Å². The minimum absolute atomic E-state index is 0.161. The van der Waals surface area contributed by atoms with E-state index in [0.717, 1.165) is 29.7 Å². The molecular formula is C14H19BrFN. The predicted octanol–water partition coefficient (Wildman–Crippen LogP) is 4.21. The molecule has 0 unspecified atom stereocenters. The first-order chi connectivity index (χ1) is 7.94. The number of rotatable bonds is 2. The highest BCUT2D eigenvalue weighted by Crippen LogP contribution is 2.29. The van der Waals surface area contributed by atoms with Crippen LogP contribution >= 0.6 is 15.9 Å². The first-order valence-corrected chi connectivity index (χ1v) is 6.91. The highest BCUT2D eigenvalue weighted by Gasteiger charge is 2.26. The molecule has 0 N–H and O–H groups in total. The fraction of sp³-hybridized carbons (Fsp3) is 0.571. The summed E-state index contributed by atoms with van der Waals surface area (Å²) in [5, 5.41) is 0. The van der Waals surface area contributed by atoms with Gasteiger partial charge < -0.3 is 0 Å². The summed E-state index contributed by atoms with van der Waals surface area (Å²) >= 11 is 3.34. The molecule has 1 fully saturated rings. The van der Waals surface area contributed by atoms with Crippen molar-refractivity contribution in [2.75, 3.05) is 13.1 Å². The lowest BCUT2D eigenvalue weighted by Crippen LogP contribution is -2.39. The summed E-state index contributed by atoms with van der Waals surface area (Å²) in [5.41, 5.74) is 1.44. The van der Waals surface area contributed by atoms with Gasteiger partial charge in [0, 0.05) is 17.6 Å². The largest absolute Gasteiger partial charge is 0.299 e. The van der Waals surface area contributed by atoms with Gasteiger partial charge in [-0.15, -0.1) is 0 Å². The summed E-state index contributed by atoms with van der Waals surface area (Å²) < 4.78 is 14.1. The summed E-state index contributed by atoms with van der Waals surface area (Å²) in [6.07, 6.45) is 2.53. The topological polar surface area (TPSA) is 3.24 Å². The number of benzene rings is 1. The summed E-state index contributed by atoms with van der Waals surface area (Å²) in [7, 11) is 0. The van der Waals surface area contributed by atoms with Gasteiger partial charge in [0.05, 0.1) is 0 Å². The lowest BCUT2D eigenvalue weighted by atomic mass is 9.84. The van der Waals surface area contributed by atoms with Crippen molar-refractivity contribution in [3.05, 3.63) is 34.1 Å². The van der Waals surface area contributed by atoms with Crippen LogP contribution in [0.3, 0.4) is 0 Å². The molecule has 94 valence electrons. The Hall–Kier alpha value is -0.410. The molecule has 1 heterocycles. The Morgan fingerprint density at radius 2 is 2.12 bits per heavy atom. The Kier molecular flexibility index (Phi) is 3.88. The number of likely N-dealkylation sites (tertiary alicyclic amines) is 1. The molecule has 0 amide bonds. The van der Waals surface area contributed by atoms with E-state index in [4.69, 9.17) is 0 Å². The maximum atomic E-state index is 13.3. The SMILES string of the molecule is CC1(C)CCCN(Cc2cc(F)cc(Br)c2)C1. The Morgan fingerprint density at radius 3 is 2.76 bits per heavy atom.